The van der Waals surface area contributed by atoms with E-state index in [0.29, 0.717) is 31.0 Å². The summed E-state index contributed by atoms with van der Waals surface area (Å²) in [4.78, 5) is 28.6. The molecule has 29 heavy (non-hydrogen) atoms. The summed E-state index contributed by atoms with van der Waals surface area (Å²) >= 11 is 0. The number of carbonyl (C=O) groups is 2. The van der Waals surface area contributed by atoms with Crippen LogP contribution >= 0.6 is 0 Å². The molecule has 0 spiro atoms. The fraction of sp³-hybridized carbons (Fsp3) is 0.429. The van der Waals surface area contributed by atoms with E-state index < -0.39 is 0 Å². The number of nitrogens with zero attached hydrogens (tertiary/aromatic N) is 4. The first-order chi connectivity index (χ1) is 14.0. The van der Waals surface area contributed by atoms with Crippen LogP contribution in [0, 0.1) is 5.92 Å². The predicted octanol–water partition coefficient (Wildman–Crippen LogP) is 1.44. The van der Waals surface area contributed by atoms with E-state index in [-0.39, 0.29) is 11.8 Å². The van der Waals surface area contributed by atoms with Gasteiger partial charge in [-0.2, -0.15) is 5.10 Å². The fourth-order valence-corrected chi connectivity index (χ4v) is 3.95. The molecule has 2 amide bonds. The second-order valence-electron chi connectivity index (χ2n) is 7.61. The molecule has 1 atom stereocenters. The van der Waals surface area contributed by atoms with Gasteiger partial charge in [-0.25, -0.2) is 4.98 Å². The highest BCUT2D eigenvalue weighted by molar-refractivity contribution is 5.95. The molecule has 0 saturated carbocycles. The van der Waals surface area contributed by atoms with E-state index in [2.05, 4.69) is 25.3 Å². The summed E-state index contributed by atoms with van der Waals surface area (Å²) in [6.07, 6.45) is 4.00. The third-order valence-corrected chi connectivity index (χ3v) is 5.58. The number of hydrogen-bond donors (Lipinski definition) is 2. The molecule has 0 unspecified atom stereocenters. The first kappa shape index (κ1) is 19.2. The number of aromatic nitrogens is 4. The summed E-state index contributed by atoms with van der Waals surface area (Å²) in [5.74, 6) is 1.14. The van der Waals surface area contributed by atoms with Gasteiger partial charge in [-0.1, -0.05) is 12.1 Å². The van der Waals surface area contributed by atoms with Gasteiger partial charge in [0.2, 0.25) is 5.91 Å². The first-order valence-electron chi connectivity index (χ1n) is 10.0. The lowest BCUT2D eigenvalue weighted by Gasteiger charge is -2.24. The van der Waals surface area contributed by atoms with Crippen molar-refractivity contribution < 1.29 is 9.59 Å². The Morgan fingerprint density at radius 3 is 2.86 bits per heavy atom. The Kier molecular flexibility index (Phi) is 5.33. The number of hydrogen-bond acceptors (Lipinski definition) is 4. The van der Waals surface area contributed by atoms with E-state index in [1.165, 1.54) is 6.92 Å². The van der Waals surface area contributed by atoms with Crippen molar-refractivity contribution in [1.29, 1.82) is 0 Å². The number of carbonyl (C=O) groups excluding carboxylic acids is 2. The Morgan fingerprint density at radius 1 is 1.24 bits per heavy atom. The zero-order valence-corrected chi connectivity index (χ0v) is 16.8. The molecule has 152 valence electrons. The Morgan fingerprint density at radius 2 is 2.07 bits per heavy atom. The van der Waals surface area contributed by atoms with Gasteiger partial charge in [0, 0.05) is 40.0 Å². The van der Waals surface area contributed by atoms with E-state index in [1.54, 1.807) is 6.20 Å². The number of imidazole rings is 1. The maximum Gasteiger partial charge on any atom is 0.254 e. The minimum atomic E-state index is -0.106. The summed E-state index contributed by atoms with van der Waals surface area (Å²) < 4.78 is 3.97. The fourth-order valence-electron chi connectivity index (χ4n) is 3.95. The van der Waals surface area contributed by atoms with Crippen molar-refractivity contribution in [3.8, 4) is 0 Å². The normalized spacial score (nSPS) is 15.9. The Balaban J connectivity index is 1.38. The number of rotatable bonds is 6. The highest BCUT2D eigenvalue weighted by Crippen LogP contribution is 2.22. The molecule has 0 fully saturated rings. The smallest absolute Gasteiger partial charge is 0.254 e. The van der Waals surface area contributed by atoms with Crippen LogP contribution < -0.4 is 10.6 Å². The van der Waals surface area contributed by atoms with Crippen LogP contribution in [0.4, 0.5) is 0 Å². The molecular weight excluding hydrogens is 368 g/mol. The van der Waals surface area contributed by atoms with Crippen molar-refractivity contribution in [2.45, 2.75) is 32.7 Å². The number of benzene rings is 1. The van der Waals surface area contributed by atoms with Gasteiger partial charge < -0.3 is 15.2 Å². The number of nitrogens with one attached hydrogen (secondary N) is 2. The van der Waals surface area contributed by atoms with Gasteiger partial charge in [0.15, 0.2) is 0 Å². The second kappa shape index (κ2) is 8.06. The topological polar surface area (TPSA) is 93.8 Å². The molecule has 0 radical (unpaired) electrons. The van der Waals surface area contributed by atoms with Gasteiger partial charge in [0.05, 0.1) is 28.5 Å². The molecule has 3 aromatic rings. The molecule has 8 heteroatoms. The van der Waals surface area contributed by atoms with E-state index in [4.69, 9.17) is 0 Å². The van der Waals surface area contributed by atoms with E-state index >= 15 is 0 Å². The lowest BCUT2D eigenvalue weighted by atomic mass is 9.94. The van der Waals surface area contributed by atoms with Crippen LogP contribution in [-0.2, 0) is 31.2 Å². The monoisotopic (exact) mass is 394 g/mol. The van der Waals surface area contributed by atoms with Crippen molar-refractivity contribution in [3.63, 3.8) is 0 Å². The lowest BCUT2D eigenvalue weighted by molar-refractivity contribution is -0.119. The van der Waals surface area contributed by atoms with E-state index in [1.807, 2.05) is 36.0 Å². The van der Waals surface area contributed by atoms with Gasteiger partial charge in [0.25, 0.3) is 5.91 Å². The zero-order valence-electron chi connectivity index (χ0n) is 16.8. The van der Waals surface area contributed by atoms with Crippen molar-refractivity contribution >= 4 is 22.8 Å². The van der Waals surface area contributed by atoms with Gasteiger partial charge in [-0.05, 0) is 30.9 Å². The molecular formula is C21H26N6O2. The molecule has 2 aromatic heterocycles. The number of para-hydroxylation sites is 2. The maximum atomic E-state index is 12.7. The van der Waals surface area contributed by atoms with Crippen LogP contribution in [0.25, 0.3) is 11.0 Å². The summed E-state index contributed by atoms with van der Waals surface area (Å²) in [5.41, 5.74) is 3.63. The van der Waals surface area contributed by atoms with Crippen LogP contribution in [0.1, 0.15) is 35.2 Å². The zero-order chi connectivity index (χ0) is 20.4. The van der Waals surface area contributed by atoms with Gasteiger partial charge >= 0.3 is 0 Å². The van der Waals surface area contributed by atoms with Gasteiger partial charge in [-0.15, -0.1) is 0 Å². The standard InChI is InChI=1S/C21H26N6O2/c1-14(28)23-12-15-8-10-27-19(11-15)16(13-24-27)21(29)22-9-7-20-25-17-5-3-4-6-18(17)26(20)2/h3-6,13,15H,7-12H2,1-2H3,(H,22,29)(H,23,28)/t15-/m1/s1. The largest absolute Gasteiger partial charge is 0.356 e. The second-order valence-corrected chi connectivity index (χ2v) is 7.61. The quantitative estimate of drug-likeness (QED) is 0.662. The summed E-state index contributed by atoms with van der Waals surface area (Å²) in [6.45, 7) is 3.44. The molecule has 1 aliphatic heterocycles. The van der Waals surface area contributed by atoms with Crippen LogP contribution in [0.5, 0.6) is 0 Å². The number of fused-ring (bicyclic) bond motifs is 2. The van der Waals surface area contributed by atoms with Crippen molar-refractivity contribution in [2.75, 3.05) is 13.1 Å². The predicted molar refractivity (Wildman–Crippen MR) is 109 cm³/mol. The Bertz CT molecular complexity index is 1050. The molecule has 1 aromatic carbocycles. The lowest BCUT2D eigenvalue weighted by Crippen LogP contribution is -2.33. The van der Waals surface area contributed by atoms with Gasteiger partial charge in [-0.3, -0.25) is 14.3 Å². The maximum absolute atomic E-state index is 12.7. The minimum Gasteiger partial charge on any atom is -0.356 e. The summed E-state index contributed by atoms with van der Waals surface area (Å²) in [7, 11) is 2.00. The first-order valence-corrected chi connectivity index (χ1v) is 10.0. The van der Waals surface area contributed by atoms with E-state index in [9.17, 15) is 9.59 Å². The number of amides is 2. The van der Waals surface area contributed by atoms with Crippen LogP contribution in [0.3, 0.4) is 0 Å². The molecule has 2 N–H and O–H groups in total. The highest BCUT2D eigenvalue weighted by Gasteiger charge is 2.25. The SMILES string of the molecule is CC(=O)NC[C@@H]1CCn2ncc(C(=O)NCCc3nc4ccccc4n3C)c2C1. The van der Waals surface area contributed by atoms with Gasteiger partial charge in [0.1, 0.15) is 5.82 Å². The van der Waals surface area contributed by atoms with Crippen molar-refractivity contribution in [1.82, 2.24) is 30.0 Å². The molecule has 0 aliphatic carbocycles. The molecule has 8 nitrogen and oxygen atoms in total. The van der Waals surface area contributed by atoms with Crippen LogP contribution in [0.15, 0.2) is 30.5 Å². The molecule has 0 bridgehead atoms. The average molecular weight is 394 g/mol. The van der Waals surface area contributed by atoms with Crippen LogP contribution in [-0.4, -0.2) is 44.2 Å². The van der Waals surface area contributed by atoms with Crippen LogP contribution in [0.2, 0.25) is 0 Å². The Hall–Kier alpha value is -3.16. The third kappa shape index (κ3) is 4.01. The Labute approximate surface area is 169 Å². The highest BCUT2D eigenvalue weighted by atomic mass is 16.2. The van der Waals surface area contributed by atoms with E-state index in [0.717, 1.165) is 41.9 Å². The molecule has 1 aliphatic rings. The molecule has 3 heterocycles. The van der Waals surface area contributed by atoms with Crippen molar-refractivity contribution in [2.24, 2.45) is 13.0 Å². The number of aryl methyl sites for hydroxylation is 2. The molecule has 4 rings (SSSR count). The van der Waals surface area contributed by atoms with Crippen molar-refractivity contribution in [3.05, 3.63) is 47.5 Å². The minimum absolute atomic E-state index is 0.0241. The average Bonchev–Trinajstić information content (AvgIpc) is 3.27. The summed E-state index contributed by atoms with van der Waals surface area (Å²) in [6, 6.07) is 8.01. The third-order valence-electron chi connectivity index (χ3n) is 5.58. The molecule has 0 saturated heterocycles. The summed E-state index contributed by atoms with van der Waals surface area (Å²) in [5, 5.41) is 10.3.